The number of nitrogens with zero attached hydrogens (tertiary/aromatic N) is 1. The lowest BCUT2D eigenvalue weighted by molar-refractivity contribution is 0.631. The van der Waals surface area contributed by atoms with E-state index in [1.807, 2.05) is 0 Å². The summed E-state index contributed by atoms with van der Waals surface area (Å²) in [4.78, 5) is 4.04. The van der Waals surface area contributed by atoms with Gasteiger partial charge in [-0.1, -0.05) is 18.2 Å². The van der Waals surface area contributed by atoms with Crippen molar-refractivity contribution in [2.24, 2.45) is 0 Å². The van der Waals surface area contributed by atoms with Crippen LogP contribution in [-0.4, -0.2) is 4.98 Å². The van der Waals surface area contributed by atoms with Crippen molar-refractivity contribution in [1.82, 2.24) is 4.98 Å². The van der Waals surface area contributed by atoms with Gasteiger partial charge < -0.3 is 0 Å². The van der Waals surface area contributed by atoms with Crippen molar-refractivity contribution in [3.63, 3.8) is 0 Å². The number of pyridine rings is 1. The van der Waals surface area contributed by atoms with Crippen molar-refractivity contribution in [1.29, 1.82) is 0 Å². The van der Waals surface area contributed by atoms with Crippen molar-refractivity contribution >= 4 is 31.9 Å². The predicted octanol–water partition coefficient (Wildman–Crippen LogP) is 4.41. The number of hydrogen-bond acceptors (Lipinski definition) is 1. The number of aromatic nitrogens is 1. The Morgan fingerprint density at radius 3 is 2.53 bits per heavy atom. The number of rotatable bonds is 1. The zero-order valence-electron chi connectivity index (χ0n) is 7.55. The molecule has 0 fully saturated rings. The van der Waals surface area contributed by atoms with E-state index in [4.69, 9.17) is 0 Å². The van der Waals surface area contributed by atoms with Crippen LogP contribution < -0.4 is 0 Å². The first-order chi connectivity index (χ1) is 7.18. The van der Waals surface area contributed by atoms with Crippen LogP contribution in [0, 0.1) is 5.82 Å². The summed E-state index contributed by atoms with van der Waals surface area (Å²) in [5, 5.41) is 0. The topological polar surface area (TPSA) is 12.9 Å². The van der Waals surface area contributed by atoms with E-state index in [9.17, 15) is 4.39 Å². The minimum absolute atomic E-state index is 0.240. The normalized spacial score (nSPS) is 10.3. The van der Waals surface area contributed by atoms with Gasteiger partial charge >= 0.3 is 0 Å². The maximum Gasteiger partial charge on any atom is 0.131 e. The Bertz CT molecular complexity index is 500. The fourth-order valence-electron chi connectivity index (χ4n) is 1.30. The predicted molar refractivity (Wildman–Crippen MR) is 65.0 cm³/mol. The molecule has 2 rings (SSSR count). The van der Waals surface area contributed by atoms with Crippen LogP contribution in [0.1, 0.15) is 0 Å². The third-order valence-corrected chi connectivity index (χ3v) is 3.05. The minimum atomic E-state index is -0.240. The quantitative estimate of drug-likeness (QED) is 0.706. The number of benzene rings is 1. The molecule has 1 heterocycles. The molecule has 0 aliphatic heterocycles. The van der Waals surface area contributed by atoms with Gasteiger partial charge in [0.25, 0.3) is 0 Å². The molecule has 0 unspecified atom stereocenters. The van der Waals surface area contributed by atoms with Crippen molar-refractivity contribution in [3.05, 3.63) is 51.4 Å². The summed E-state index contributed by atoms with van der Waals surface area (Å²) >= 11 is 6.62. The van der Waals surface area contributed by atoms with E-state index in [2.05, 4.69) is 36.8 Å². The zero-order chi connectivity index (χ0) is 10.8. The van der Waals surface area contributed by atoms with Gasteiger partial charge in [-0.2, -0.15) is 0 Å². The van der Waals surface area contributed by atoms with E-state index >= 15 is 0 Å². The van der Waals surface area contributed by atoms with Crippen LogP contribution in [0.4, 0.5) is 4.39 Å². The molecule has 1 aromatic carbocycles. The lowest BCUT2D eigenvalue weighted by Gasteiger charge is -2.05. The fraction of sp³-hybridized carbons (Fsp3) is 0. The van der Waals surface area contributed by atoms with Gasteiger partial charge in [-0.15, -0.1) is 0 Å². The molecule has 0 amide bonds. The molecule has 76 valence electrons. The summed E-state index contributed by atoms with van der Waals surface area (Å²) < 4.78 is 15.0. The molecule has 2 aromatic rings. The van der Waals surface area contributed by atoms with Gasteiger partial charge in [-0.25, -0.2) is 9.37 Å². The van der Waals surface area contributed by atoms with E-state index in [0.29, 0.717) is 10.2 Å². The molecule has 0 aliphatic carbocycles. The molecular weight excluding hydrogens is 325 g/mol. The van der Waals surface area contributed by atoms with Crippen LogP contribution in [-0.2, 0) is 0 Å². The molecule has 0 atom stereocenters. The SMILES string of the molecule is Fc1ccccc1-c1cc(Br)ncc1Br. The summed E-state index contributed by atoms with van der Waals surface area (Å²) in [6.07, 6.45) is 1.64. The molecular formula is C11H6Br2FN. The highest BCUT2D eigenvalue weighted by Crippen LogP contribution is 2.31. The fourth-order valence-corrected chi connectivity index (χ4v) is 2.06. The largest absolute Gasteiger partial charge is 0.248 e. The molecule has 0 aliphatic rings. The number of halogens is 3. The van der Waals surface area contributed by atoms with Gasteiger partial charge in [0.2, 0.25) is 0 Å². The Labute approximate surface area is 104 Å². The maximum absolute atomic E-state index is 13.5. The van der Waals surface area contributed by atoms with Gasteiger partial charge in [0.1, 0.15) is 10.4 Å². The van der Waals surface area contributed by atoms with E-state index in [1.54, 1.807) is 30.5 Å². The highest BCUT2D eigenvalue weighted by Gasteiger charge is 2.08. The summed E-state index contributed by atoms with van der Waals surface area (Å²) in [5.74, 6) is -0.240. The van der Waals surface area contributed by atoms with Gasteiger partial charge in [0.15, 0.2) is 0 Å². The molecule has 0 saturated heterocycles. The third-order valence-electron chi connectivity index (χ3n) is 1.99. The van der Waals surface area contributed by atoms with E-state index in [1.165, 1.54) is 6.07 Å². The molecule has 1 nitrogen and oxygen atoms in total. The van der Waals surface area contributed by atoms with Gasteiger partial charge in [0.05, 0.1) is 0 Å². The summed E-state index contributed by atoms with van der Waals surface area (Å²) in [5.41, 5.74) is 1.35. The Balaban J connectivity index is 2.64. The van der Waals surface area contributed by atoms with Gasteiger partial charge in [-0.05, 0) is 44.0 Å². The molecule has 0 radical (unpaired) electrons. The first-order valence-corrected chi connectivity index (χ1v) is 5.83. The van der Waals surface area contributed by atoms with Crippen molar-refractivity contribution in [2.75, 3.05) is 0 Å². The molecule has 0 spiro atoms. The first kappa shape index (κ1) is 10.8. The third kappa shape index (κ3) is 2.26. The second-order valence-corrected chi connectivity index (χ2v) is 4.63. The minimum Gasteiger partial charge on any atom is -0.248 e. The lowest BCUT2D eigenvalue weighted by Crippen LogP contribution is -1.86. The van der Waals surface area contributed by atoms with E-state index in [0.717, 1.165) is 10.0 Å². The molecule has 0 bridgehead atoms. The highest BCUT2D eigenvalue weighted by molar-refractivity contribution is 9.11. The van der Waals surface area contributed by atoms with Crippen LogP contribution in [0.3, 0.4) is 0 Å². The van der Waals surface area contributed by atoms with Crippen LogP contribution in [0.25, 0.3) is 11.1 Å². The van der Waals surface area contributed by atoms with Gasteiger partial charge in [-0.3, -0.25) is 0 Å². The maximum atomic E-state index is 13.5. The van der Waals surface area contributed by atoms with Crippen LogP contribution in [0.2, 0.25) is 0 Å². The molecule has 4 heteroatoms. The Morgan fingerprint density at radius 1 is 1.07 bits per heavy atom. The summed E-state index contributed by atoms with van der Waals surface area (Å²) in [6, 6.07) is 8.43. The standard InChI is InChI=1S/C11H6Br2FN/c12-9-6-15-11(13)5-8(9)7-3-1-2-4-10(7)14/h1-6H. The summed E-state index contributed by atoms with van der Waals surface area (Å²) in [7, 11) is 0. The van der Waals surface area contributed by atoms with E-state index < -0.39 is 0 Å². The highest BCUT2D eigenvalue weighted by atomic mass is 79.9. The average molecular weight is 331 g/mol. The average Bonchev–Trinajstić information content (AvgIpc) is 2.23. The van der Waals surface area contributed by atoms with E-state index in [-0.39, 0.29) is 5.82 Å². The Kier molecular flexibility index (Phi) is 3.17. The van der Waals surface area contributed by atoms with Crippen molar-refractivity contribution < 1.29 is 4.39 Å². The van der Waals surface area contributed by atoms with Crippen LogP contribution in [0.15, 0.2) is 45.6 Å². The molecule has 1 aromatic heterocycles. The van der Waals surface area contributed by atoms with Crippen LogP contribution >= 0.6 is 31.9 Å². The number of hydrogen-bond donors (Lipinski definition) is 0. The molecule has 0 saturated carbocycles. The zero-order valence-corrected chi connectivity index (χ0v) is 10.7. The van der Waals surface area contributed by atoms with Gasteiger partial charge in [0, 0.05) is 21.8 Å². The lowest BCUT2D eigenvalue weighted by atomic mass is 10.1. The first-order valence-electron chi connectivity index (χ1n) is 4.24. The second kappa shape index (κ2) is 4.41. The second-order valence-electron chi connectivity index (χ2n) is 2.97. The van der Waals surface area contributed by atoms with Crippen molar-refractivity contribution in [2.45, 2.75) is 0 Å². The summed E-state index contributed by atoms with van der Waals surface area (Å²) in [6.45, 7) is 0. The van der Waals surface area contributed by atoms with Crippen molar-refractivity contribution in [3.8, 4) is 11.1 Å². The smallest absolute Gasteiger partial charge is 0.131 e. The molecule has 15 heavy (non-hydrogen) atoms. The van der Waals surface area contributed by atoms with Crippen LogP contribution in [0.5, 0.6) is 0 Å². The monoisotopic (exact) mass is 329 g/mol. The Hall–Kier alpha value is -0.740. The Morgan fingerprint density at radius 2 is 1.80 bits per heavy atom. The molecule has 0 N–H and O–H groups in total.